The van der Waals surface area contributed by atoms with Crippen LogP contribution in [-0.2, 0) is 19.0 Å². The third kappa shape index (κ3) is 3.70. The first-order valence-electron chi connectivity index (χ1n) is 6.72. The zero-order valence-corrected chi connectivity index (χ0v) is 12.9. The van der Waals surface area contributed by atoms with Gasteiger partial charge in [0.05, 0.1) is 32.6 Å². The average molecular weight is 326 g/mol. The largest absolute Gasteiger partial charge is 0.468 e. The molecule has 124 valence electrons. The van der Waals surface area contributed by atoms with Crippen LogP contribution in [-0.4, -0.2) is 45.6 Å². The summed E-state index contributed by atoms with van der Waals surface area (Å²) in [5, 5.41) is 0. The lowest BCUT2D eigenvalue weighted by Crippen LogP contribution is -2.37. The first-order chi connectivity index (χ1) is 11.0. The Morgan fingerprint density at radius 1 is 1.17 bits per heavy atom. The molecule has 6 nitrogen and oxygen atoms in total. The van der Waals surface area contributed by atoms with Gasteiger partial charge in [0.25, 0.3) is 0 Å². The van der Waals surface area contributed by atoms with E-state index in [2.05, 4.69) is 9.98 Å². The number of halogens is 2. The molecular weight excluding hydrogens is 310 g/mol. The Labute approximate surface area is 131 Å². The highest BCUT2D eigenvalue weighted by molar-refractivity contribution is 6.09. The Hall–Kier alpha value is -2.35. The Morgan fingerprint density at radius 3 is 2.35 bits per heavy atom. The number of carbonyl (C=O) groups excluding carboxylic acids is 1. The van der Waals surface area contributed by atoms with Crippen LogP contribution < -0.4 is 0 Å². The first-order valence-corrected chi connectivity index (χ1v) is 6.72. The molecule has 0 aromatic heterocycles. The second kappa shape index (κ2) is 7.28. The summed E-state index contributed by atoms with van der Waals surface area (Å²) in [6, 6.07) is 2.02. The van der Waals surface area contributed by atoms with Gasteiger partial charge in [-0.2, -0.15) is 0 Å². The van der Waals surface area contributed by atoms with Crippen molar-refractivity contribution in [2.24, 2.45) is 15.9 Å². The molecule has 1 aliphatic rings. The Morgan fingerprint density at radius 2 is 1.83 bits per heavy atom. The molecule has 2 unspecified atom stereocenters. The molecule has 1 aliphatic heterocycles. The van der Waals surface area contributed by atoms with E-state index >= 15 is 0 Å². The van der Waals surface area contributed by atoms with Crippen molar-refractivity contribution in [3.8, 4) is 0 Å². The van der Waals surface area contributed by atoms with Crippen LogP contribution in [0.3, 0.4) is 0 Å². The summed E-state index contributed by atoms with van der Waals surface area (Å²) in [7, 11) is 4.01. The van der Waals surface area contributed by atoms with E-state index in [1.54, 1.807) is 0 Å². The lowest BCUT2D eigenvalue weighted by molar-refractivity contribution is -0.143. The van der Waals surface area contributed by atoms with Crippen LogP contribution in [0.25, 0.3) is 0 Å². The third-order valence-corrected chi connectivity index (χ3v) is 3.32. The van der Waals surface area contributed by atoms with E-state index < -0.39 is 29.6 Å². The minimum atomic E-state index is -0.958. The van der Waals surface area contributed by atoms with Crippen LogP contribution in [0.2, 0.25) is 0 Å². The van der Waals surface area contributed by atoms with Gasteiger partial charge in [0, 0.05) is 13.2 Å². The molecular formula is C15H16F2N2O4. The number of nitrogens with zero attached hydrogens (tertiary/aromatic N) is 2. The summed E-state index contributed by atoms with van der Waals surface area (Å²) < 4.78 is 41.9. The standard InChI is InChI=1S/C15H16F2N2O4/c1-21-7-11-12(14(20)22-2)13(19-15(18-11)23-3)8-4-9(16)6-10(17)5-8/h4-6,12-13H,7H2,1-3H3. The minimum Gasteiger partial charge on any atom is -0.468 e. The highest BCUT2D eigenvalue weighted by atomic mass is 19.1. The Kier molecular flexibility index (Phi) is 5.38. The van der Waals surface area contributed by atoms with Crippen molar-refractivity contribution in [1.29, 1.82) is 0 Å². The van der Waals surface area contributed by atoms with E-state index in [1.165, 1.54) is 21.3 Å². The third-order valence-electron chi connectivity index (χ3n) is 3.32. The fourth-order valence-corrected chi connectivity index (χ4v) is 2.37. The monoisotopic (exact) mass is 326 g/mol. The van der Waals surface area contributed by atoms with Gasteiger partial charge >= 0.3 is 12.0 Å². The number of benzene rings is 1. The van der Waals surface area contributed by atoms with Gasteiger partial charge in [0.1, 0.15) is 17.6 Å². The summed E-state index contributed by atoms with van der Waals surface area (Å²) in [4.78, 5) is 20.4. The lowest BCUT2D eigenvalue weighted by Gasteiger charge is -2.27. The zero-order chi connectivity index (χ0) is 17.0. The van der Waals surface area contributed by atoms with Gasteiger partial charge < -0.3 is 14.2 Å². The highest BCUT2D eigenvalue weighted by Crippen LogP contribution is 2.33. The maximum Gasteiger partial charge on any atom is 0.317 e. The molecule has 0 saturated carbocycles. The number of hydrogen-bond donors (Lipinski definition) is 0. The number of aliphatic imine (C=N–C) groups is 2. The second-order valence-electron chi connectivity index (χ2n) is 4.80. The van der Waals surface area contributed by atoms with Crippen molar-refractivity contribution in [3.63, 3.8) is 0 Å². The predicted molar refractivity (Wildman–Crippen MR) is 78.4 cm³/mol. The van der Waals surface area contributed by atoms with Crippen LogP contribution >= 0.6 is 0 Å². The molecule has 1 heterocycles. The van der Waals surface area contributed by atoms with Crippen molar-refractivity contribution in [2.45, 2.75) is 6.04 Å². The normalized spacial score (nSPS) is 20.6. The molecule has 1 aromatic carbocycles. The number of hydrogen-bond acceptors (Lipinski definition) is 6. The maximum absolute atomic E-state index is 13.5. The van der Waals surface area contributed by atoms with Crippen LogP contribution in [0.15, 0.2) is 28.2 Å². The molecule has 0 radical (unpaired) electrons. The quantitative estimate of drug-likeness (QED) is 0.793. The van der Waals surface area contributed by atoms with Crippen LogP contribution in [0.5, 0.6) is 0 Å². The summed E-state index contributed by atoms with van der Waals surface area (Å²) in [5.41, 5.74) is 0.483. The average Bonchev–Trinajstić information content (AvgIpc) is 2.52. The van der Waals surface area contributed by atoms with Crippen molar-refractivity contribution in [2.75, 3.05) is 27.9 Å². The second-order valence-corrected chi connectivity index (χ2v) is 4.80. The van der Waals surface area contributed by atoms with Gasteiger partial charge in [-0.1, -0.05) is 0 Å². The molecule has 0 aliphatic carbocycles. The molecule has 0 spiro atoms. The van der Waals surface area contributed by atoms with E-state index in [0.717, 1.165) is 18.2 Å². The van der Waals surface area contributed by atoms with Crippen molar-refractivity contribution >= 4 is 17.7 Å². The lowest BCUT2D eigenvalue weighted by atomic mass is 9.88. The van der Waals surface area contributed by atoms with Gasteiger partial charge in [-0.15, -0.1) is 0 Å². The summed E-state index contributed by atoms with van der Waals surface area (Å²) in [5.74, 6) is -3.13. The summed E-state index contributed by atoms with van der Waals surface area (Å²) >= 11 is 0. The minimum absolute atomic E-state index is 0.00753. The van der Waals surface area contributed by atoms with Crippen molar-refractivity contribution < 1.29 is 27.8 Å². The topological polar surface area (TPSA) is 69.5 Å². The van der Waals surface area contributed by atoms with Gasteiger partial charge in [-0.25, -0.2) is 18.8 Å². The van der Waals surface area contributed by atoms with E-state index in [4.69, 9.17) is 14.2 Å². The number of methoxy groups -OCH3 is 3. The molecule has 0 N–H and O–H groups in total. The molecule has 0 amide bonds. The zero-order valence-electron chi connectivity index (χ0n) is 12.9. The smallest absolute Gasteiger partial charge is 0.317 e. The van der Waals surface area contributed by atoms with E-state index in [9.17, 15) is 13.6 Å². The predicted octanol–water partition coefficient (Wildman–Crippen LogP) is 1.90. The molecule has 2 rings (SSSR count). The van der Waals surface area contributed by atoms with E-state index in [-0.39, 0.29) is 18.2 Å². The highest BCUT2D eigenvalue weighted by Gasteiger charge is 2.38. The molecule has 23 heavy (non-hydrogen) atoms. The number of ether oxygens (including phenoxy) is 3. The number of amidine groups is 1. The van der Waals surface area contributed by atoms with Gasteiger partial charge in [0.2, 0.25) is 0 Å². The summed E-state index contributed by atoms with van der Waals surface area (Å²) in [6.07, 6.45) is 0. The van der Waals surface area contributed by atoms with Crippen LogP contribution in [0, 0.1) is 17.6 Å². The molecule has 0 saturated heterocycles. The van der Waals surface area contributed by atoms with Gasteiger partial charge in [-0.3, -0.25) is 4.79 Å². The molecule has 8 heteroatoms. The summed E-state index contributed by atoms with van der Waals surface area (Å²) in [6.45, 7) is 0.0243. The van der Waals surface area contributed by atoms with Gasteiger partial charge in [0.15, 0.2) is 0 Å². The van der Waals surface area contributed by atoms with E-state index in [0.29, 0.717) is 5.71 Å². The molecule has 1 aromatic rings. The van der Waals surface area contributed by atoms with Crippen LogP contribution in [0.4, 0.5) is 8.78 Å². The first kappa shape index (κ1) is 17.0. The SMILES string of the molecule is COCC1=NC(OC)=NC(c2cc(F)cc(F)c2)C1C(=O)OC. The van der Waals surface area contributed by atoms with Gasteiger partial charge in [-0.05, 0) is 17.7 Å². The fraction of sp³-hybridized carbons (Fsp3) is 0.400. The fourth-order valence-electron chi connectivity index (χ4n) is 2.37. The molecule has 0 fully saturated rings. The number of esters is 1. The molecule has 2 atom stereocenters. The van der Waals surface area contributed by atoms with Crippen molar-refractivity contribution in [3.05, 3.63) is 35.4 Å². The Bertz CT molecular complexity index is 641. The van der Waals surface area contributed by atoms with Crippen LogP contribution in [0.1, 0.15) is 11.6 Å². The Balaban J connectivity index is 2.54. The number of rotatable bonds is 4. The number of carbonyl (C=O) groups is 1. The van der Waals surface area contributed by atoms with E-state index in [1.807, 2.05) is 0 Å². The molecule has 0 bridgehead atoms. The van der Waals surface area contributed by atoms with Crippen molar-refractivity contribution in [1.82, 2.24) is 0 Å². The maximum atomic E-state index is 13.5.